The molecular weight excluding hydrogens is 402 g/mol. The van der Waals surface area contributed by atoms with Crippen LogP contribution in [0, 0.1) is 0 Å². The van der Waals surface area contributed by atoms with Gasteiger partial charge >= 0.3 is 0 Å². The molecular formula is C25H25N5O2. The minimum absolute atomic E-state index is 0.0738. The first kappa shape index (κ1) is 21.3. The topological polar surface area (TPSA) is 72.3 Å². The third kappa shape index (κ3) is 5.39. The van der Waals surface area contributed by atoms with Gasteiger partial charge in [-0.1, -0.05) is 30.3 Å². The number of hydrogen-bond donors (Lipinski definition) is 1. The molecule has 0 spiro atoms. The molecule has 1 unspecified atom stereocenters. The summed E-state index contributed by atoms with van der Waals surface area (Å²) in [6.45, 7) is 2.35. The molecule has 0 bridgehead atoms. The Labute approximate surface area is 187 Å². The van der Waals surface area contributed by atoms with Crippen molar-refractivity contribution in [3.05, 3.63) is 97.1 Å². The van der Waals surface area contributed by atoms with E-state index in [1.165, 1.54) is 6.33 Å². The lowest BCUT2D eigenvalue weighted by Crippen LogP contribution is -2.32. The lowest BCUT2D eigenvalue weighted by atomic mass is 10.1. The summed E-state index contributed by atoms with van der Waals surface area (Å²) >= 11 is 0. The van der Waals surface area contributed by atoms with E-state index in [1.807, 2.05) is 90.8 Å². The zero-order valence-corrected chi connectivity index (χ0v) is 18.1. The first-order valence-electron chi connectivity index (χ1n) is 10.4. The second-order valence-corrected chi connectivity index (χ2v) is 7.51. The number of nitrogens with one attached hydrogen (secondary N) is 1. The van der Waals surface area contributed by atoms with Gasteiger partial charge in [0.2, 0.25) is 5.91 Å². The molecule has 1 atom stereocenters. The van der Waals surface area contributed by atoms with E-state index in [4.69, 9.17) is 4.74 Å². The summed E-state index contributed by atoms with van der Waals surface area (Å²) in [4.78, 5) is 18.5. The van der Waals surface area contributed by atoms with E-state index in [0.717, 1.165) is 22.7 Å². The van der Waals surface area contributed by atoms with Crippen molar-refractivity contribution in [1.82, 2.24) is 19.7 Å². The fourth-order valence-electron chi connectivity index (χ4n) is 3.30. The van der Waals surface area contributed by atoms with Gasteiger partial charge in [0.1, 0.15) is 24.2 Å². The zero-order chi connectivity index (χ0) is 22.3. The molecule has 1 heterocycles. The highest BCUT2D eigenvalue weighted by Gasteiger charge is 2.15. The van der Waals surface area contributed by atoms with E-state index in [2.05, 4.69) is 22.3 Å². The number of ether oxygens (including phenoxy) is 1. The van der Waals surface area contributed by atoms with Crippen LogP contribution in [0.15, 0.2) is 91.5 Å². The van der Waals surface area contributed by atoms with Crippen molar-refractivity contribution in [1.29, 1.82) is 0 Å². The quantitative estimate of drug-likeness (QED) is 0.442. The van der Waals surface area contributed by atoms with Crippen molar-refractivity contribution in [3.63, 3.8) is 0 Å². The molecule has 0 saturated heterocycles. The van der Waals surface area contributed by atoms with E-state index in [-0.39, 0.29) is 18.5 Å². The molecule has 1 amide bonds. The summed E-state index contributed by atoms with van der Waals surface area (Å²) in [5.41, 5.74) is 2.79. The molecule has 0 saturated carbocycles. The Balaban J connectivity index is 1.30. The summed E-state index contributed by atoms with van der Waals surface area (Å²) in [6.07, 6.45) is 3.17. The number of carbonyl (C=O) groups excluding carboxylic acids is 1. The standard InChI is InChI=1S/C25H25N5O2/c1-19(20-8-12-22(13-9-20)30-18-26-17-27-30)29(2)16-25(31)28-21-10-14-24(15-11-21)32-23-6-4-3-5-7-23/h3-15,17-19H,16H2,1-2H3,(H,28,31). The Kier molecular flexibility index (Phi) is 6.57. The van der Waals surface area contributed by atoms with Crippen LogP contribution in [0.2, 0.25) is 0 Å². The van der Waals surface area contributed by atoms with Gasteiger partial charge in [0.25, 0.3) is 0 Å². The lowest BCUT2D eigenvalue weighted by molar-refractivity contribution is -0.117. The molecule has 162 valence electrons. The van der Waals surface area contributed by atoms with Crippen molar-refractivity contribution < 1.29 is 9.53 Å². The summed E-state index contributed by atoms with van der Waals surface area (Å²) in [6, 6.07) is 25.1. The van der Waals surface area contributed by atoms with Crippen LogP contribution in [0.4, 0.5) is 5.69 Å². The zero-order valence-electron chi connectivity index (χ0n) is 18.1. The molecule has 4 rings (SSSR count). The van der Waals surface area contributed by atoms with Crippen LogP contribution in [-0.2, 0) is 4.79 Å². The molecule has 3 aromatic carbocycles. The van der Waals surface area contributed by atoms with Gasteiger partial charge in [-0.3, -0.25) is 9.69 Å². The number of anilines is 1. The summed E-state index contributed by atoms with van der Waals surface area (Å²) in [7, 11) is 1.94. The molecule has 0 aliphatic rings. The van der Waals surface area contributed by atoms with E-state index in [1.54, 1.807) is 11.0 Å². The van der Waals surface area contributed by atoms with Gasteiger partial charge in [0.15, 0.2) is 0 Å². The van der Waals surface area contributed by atoms with Gasteiger partial charge < -0.3 is 10.1 Å². The average molecular weight is 428 g/mol. The number of likely N-dealkylation sites (N-methyl/N-ethyl adjacent to an activating group) is 1. The SMILES string of the molecule is CC(c1ccc(-n2cncn2)cc1)N(C)CC(=O)Nc1ccc(Oc2ccccc2)cc1. The second kappa shape index (κ2) is 9.89. The van der Waals surface area contributed by atoms with Crippen molar-refractivity contribution in [3.8, 4) is 17.2 Å². The van der Waals surface area contributed by atoms with Crippen molar-refractivity contribution in [2.24, 2.45) is 0 Å². The number of carbonyl (C=O) groups is 1. The molecule has 7 nitrogen and oxygen atoms in total. The monoisotopic (exact) mass is 427 g/mol. The molecule has 7 heteroatoms. The summed E-state index contributed by atoms with van der Waals surface area (Å²) < 4.78 is 7.50. The predicted molar refractivity (Wildman–Crippen MR) is 124 cm³/mol. The molecule has 1 N–H and O–H groups in total. The van der Waals surface area contributed by atoms with Gasteiger partial charge in [-0.25, -0.2) is 9.67 Å². The van der Waals surface area contributed by atoms with E-state index >= 15 is 0 Å². The van der Waals surface area contributed by atoms with Crippen LogP contribution in [0.25, 0.3) is 5.69 Å². The molecule has 1 aromatic heterocycles. The fraction of sp³-hybridized carbons (Fsp3) is 0.160. The number of rotatable bonds is 8. The minimum atomic E-state index is -0.0738. The summed E-state index contributed by atoms with van der Waals surface area (Å²) in [5.74, 6) is 1.42. The van der Waals surface area contributed by atoms with E-state index < -0.39 is 0 Å². The average Bonchev–Trinajstić information content (AvgIpc) is 3.36. The Bertz CT molecular complexity index is 1130. The number of amides is 1. The van der Waals surface area contributed by atoms with Gasteiger partial charge in [0, 0.05) is 11.7 Å². The van der Waals surface area contributed by atoms with Crippen molar-refractivity contribution >= 4 is 11.6 Å². The number of aromatic nitrogens is 3. The molecule has 0 radical (unpaired) electrons. The molecule has 4 aromatic rings. The third-order valence-corrected chi connectivity index (χ3v) is 5.23. The maximum atomic E-state index is 12.5. The molecule has 32 heavy (non-hydrogen) atoms. The number of para-hydroxylation sites is 1. The van der Waals surface area contributed by atoms with Gasteiger partial charge in [0.05, 0.1) is 12.2 Å². The maximum Gasteiger partial charge on any atom is 0.238 e. The van der Waals surface area contributed by atoms with E-state index in [0.29, 0.717) is 5.75 Å². The van der Waals surface area contributed by atoms with Crippen molar-refractivity contribution in [2.45, 2.75) is 13.0 Å². The predicted octanol–water partition coefficient (Wildman–Crippen LogP) is 4.69. The van der Waals surface area contributed by atoms with Crippen molar-refractivity contribution in [2.75, 3.05) is 18.9 Å². The van der Waals surface area contributed by atoms with Gasteiger partial charge in [-0.2, -0.15) is 5.10 Å². The highest BCUT2D eigenvalue weighted by Crippen LogP contribution is 2.23. The maximum absolute atomic E-state index is 12.5. The Hall–Kier alpha value is -3.97. The normalized spacial score (nSPS) is 11.8. The van der Waals surface area contributed by atoms with Crippen LogP contribution < -0.4 is 10.1 Å². The van der Waals surface area contributed by atoms with Crippen LogP contribution >= 0.6 is 0 Å². The van der Waals surface area contributed by atoms with Gasteiger partial charge in [-0.05, 0) is 68.1 Å². The third-order valence-electron chi connectivity index (χ3n) is 5.23. The highest BCUT2D eigenvalue weighted by atomic mass is 16.5. The first-order valence-corrected chi connectivity index (χ1v) is 10.4. The van der Waals surface area contributed by atoms with Crippen LogP contribution in [0.5, 0.6) is 11.5 Å². The first-order chi connectivity index (χ1) is 15.6. The summed E-state index contributed by atoms with van der Waals surface area (Å²) in [5, 5.41) is 7.08. The Morgan fingerprint density at radius 1 is 1.00 bits per heavy atom. The highest BCUT2D eigenvalue weighted by molar-refractivity contribution is 5.92. The Morgan fingerprint density at radius 2 is 1.69 bits per heavy atom. The lowest BCUT2D eigenvalue weighted by Gasteiger charge is -2.24. The van der Waals surface area contributed by atoms with Gasteiger partial charge in [-0.15, -0.1) is 0 Å². The molecule has 0 fully saturated rings. The van der Waals surface area contributed by atoms with Crippen LogP contribution in [0.1, 0.15) is 18.5 Å². The Morgan fingerprint density at radius 3 is 2.34 bits per heavy atom. The smallest absolute Gasteiger partial charge is 0.238 e. The van der Waals surface area contributed by atoms with E-state index in [9.17, 15) is 4.79 Å². The molecule has 0 aliphatic heterocycles. The minimum Gasteiger partial charge on any atom is -0.457 e. The second-order valence-electron chi connectivity index (χ2n) is 7.51. The van der Waals surface area contributed by atoms with Crippen LogP contribution in [-0.4, -0.2) is 39.2 Å². The molecule has 0 aliphatic carbocycles. The number of benzene rings is 3. The number of hydrogen-bond acceptors (Lipinski definition) is 5. The largest absolute Gasteiger partial charge is 0.457 e. The van der Waals surface area contributed by atoms with Crippen LogP contribution in [0.3, 0.4) is 0 Å². The fourth-order valence-corrected chi connectivity index (χ4v) is 3.30. The number of nitrogens with zero attached hydrogens (tertiary/aromatic N) is 4.